The zero-order valence-electron chi connectivity index (χ0n) is 12.5. The van der Waals surface area contributed by atoms with Crippen LogP contribution in [-0.2, 0) is 4.79 Å². The monoisotopic (exact) mass is 336 g/mol. The quantitative estimate of drug-likeness (QED) is 0.718. The van der Waals surface area contributed by atoms with Crippen LogP contribution in [0.3, 0.4) is 0 Å². The number of nitrogens with one attached hydrogen (secondary N) is 1. The summed E-state index contributed by atoms with van der Waals surface area (Å²) in [5, 5.41) is 23.8. The van der Waals surface area contributed by atoms with Gasteiger partial charge in [-0.25, -0.2) is 0 Å². The van der Waals surface area contributed by atoms with E-state index in [9.17, 15) is 4.79 Å². The second-order valence-electron chi connectivity index (χ2n) is 4.70. The largest absolute Gasteiger partial charge is 0.324 e. The summed E-state index contributed by atoms with van der Waals surface area (Å²) in [6.45, 7) is 0. The van der Waals surface area contributed by atoms with Crippen LogP contribution in [0.25, 0.3) is 5.69 Å². The Kier molecular flexibility index (Phi) is 4.84. The van der Waals surface area contributed by atoms with Gasteiger partial charge in [0, 0.05) is 0 Å². The van der Waals surface area contributed by atoms with E-state index in [0.29, 0.717) is 16.4 Å². The fraction of sp³-hybridized carbons (Fsp3) is 0.0625. The zero-order chi connectivity index (χ0) is 16.8. The van der Waals surface area contributed by atoms with Gasteiger partial charge in [-0.2, -0.15) is 9.94 Å². The summed E-state index contributed by atoms with van der Waals surface area (Å²) >= 11 is 1.22. The van der Waals surface area contributed by atoms with Gasteiger partial charge in [-0.3, -0.25) is 4.79 Å². The molecule has 0 fully saturated rings. The molecule has 0 aliphatic carbocycles. The first-order valence-corrected chi connectivity index (χ1v) is 8.02. The highest BCUT2D eigenvalue weighted by Crippen LogP contribution is 2.19. The number of anilines is 1. The molecule has 0 saturated heterocycles. The molecule has 24 heavy (non-hydrogen) atoms. The number of nitrogens with zero attached hydrogens (tertiary/aromatic N) is 5. The predicted molar refractivity (Wildman–Crippen MR) is 89.7 cm³/mol. The molecule has 2 aromatic carbocycles. The Labute approximate surface area is 142 Å². The number of rotatable bonds is 5. The van der Waals surface area contributed by atoms with Crippen LogP contribution in [0.4, 0.5) is 5.69 Å². The van der Waals surface area contributed by atoms with E-state index in [0.717, 1.165) is 5.69 Å². The fourth-order valence-electron chi connectivity index (χ4n) is 2.01. The number of amides is 1. The molecule has 3 rings (SSSR count). The number of tetrazole rings is 1. The van der Waals surface area contributed by atoms with Crippen molar-refractivity contribution in [2.75, 3.05) is 11.1 Å². The van der Waals surface area contributed by atoms with Crippen LogP contribution in [0, 0.1) is 11.3 Å². The molecule has 1 aromatic heterocycles. The molecule has 7 nitrogen and oxygen atoms in total. The number of hydrogen-bond acceptors (Lipinski definition) is 6. The van der Waals surface area contributed by atoms with Crippen LogP contribution in [0.5, 0.6) is 0 Å². The number of benzene rings is 2. The molecule has 1 heterocycles. The van der Waals surface area contributed by atoms with Crippen molar-refractivity contribution in [2.45, 2.75) is 5.16 Å². The van der Waals surface area contributed by atoms with E-state index in [1.165, 1.54) is 11.8 Å². The van der Waals surface area contributed by atoms with Gasteiger partial charge in [0.15, 0.2) is 0 Å². The third-order valence-electron chi connectivity index (χ3n) is 3.10. The highest BCUT2D eigenvalue weighted by molar-refractivity contribution is 7.99. The lowest BCUT2D eigenvalue weighted by Crippen LogP contribution is -2.15. The number of thioether (sulfide) groups is 1. The van der Waals surface area contributed by atoms with Gasteiger partial charge in [0.05, 0.1) is 22.7 Å². The minimum absolute atomic E-state index is 0.132. The molecule has 8 heteroatoms. The molecule has 0 saturated carbocycles. The average Bonchev–Trinajstić information content (AvgIpc) is 3.10. The van der Waals surface area contributed by atoms with Crippen LogP contribution >= 0.6 is 11.8 Å². The van der Waals surface area contributed by atoms with Crippen molar-refractivity contribution in [1.82, 2.24) is 20.2 Å². The molecule has 0 aliphatic heterocycles. The predicted octanol–water partition coefficient (Wildman–Crippen LogP) is 2.26. The second kappa shape index (κ2) is 7.39. The molecule has 118 valence electrons. The molecule has 0 bridgehead atoms. The first-order chi connectivity index (χ1) is 11.8. The van der Waals surface area contributed by atoms with Crippen molar-refractivity contribution in [3.8, 4) is 11.8 Å². The lowest BCUT2D eigenvalue weighted by molar-refractivity contribution is -0.113. The number of nitriles is 1. The summed E-state index contributed by atoms with van der Waals surface area (Å²) < 4.78 is 1.57. The second-order valence-corrected chi connectivity index (χ2v) is 5.65. The van der Waals surface area contributed by atoms with Crippen LogP contribution in [0.15, 0.2) is 59.8 Å². The van der Waals surface area contributed by atoms with E-state index in [1.54, 1.807) is 28.9 Å². The van der Waals surface area contributed by atoms with E-state index in [1.807, 2.05) is 36.4 Å². The highest BCUT2D eigenvalue weighted by Gasteiger charge is 2.12. The molecule has 0 atom stereocenters. The maximum Gasteiger partial charge on any atom is 0.234 e. The van der Waals surface area contributed by atoms with Gasteiger partial charge in [0.1, 0.15) is 6.07 Å². The maximum atomic E-state index is 12.1. The van der Waals surface area contributed by atoms with Crippen molar-refractivity contribution in [1.29, 1.82) is 5.26 Å². The van der Waals surface area contributed by atoms with Crippen LogP contribution in [0.2, 0.25) is 0 Å². The van der Waals surface area contributed by atoms with E-state index < -0.39 is 0 Å². The molecule has 1 amide bonds. The third-order valence-corrected chi connectivity index (χ3v) is 4.01. The number of carbonyl (C=O) groups is 1. The molecule has 0 spiro atoms. The summed E-state index contributed by atoms with van der Waals surface area (Å²) in [6.07, 6.45) is 0. The summed E-state index contributed by atoms with van der Waals surface area (Å²) in [7, 11) is 0. The van der Waals surface area contributed by atoms with E-state index >= 15 is 0 Å². The van der Waals surface area contributed by atoms with Gasteiger partial charge in [-0.1, -0.05) is 42.1 Å². The molecular weight excluding hydrogens is 324 g/mol. The standard InChI is InChI=1S/C16H12N6OS/c17-10-12-6-4-5-9-14(12)18-15(23)11-24-16-19-20-21-22(16)13-7-2-1-3-8-13/h1-9H,11H2,(H,18,23). The first kappa shape index (κ1) is 15.7. The summed E-state index contributed by atoms with van der Waals surface area (Å²) in [5.41, 5.74) is 1.73. The Morgan fingerprint density at radius 3 is 2.71 bits per heavy atom. The van der Waals surface area contributed by atoms with Gasteiger partial charge in [-0.05, 0) is 34.7 Å². The lowest BCUT2D eigenvalue weighted by atomic mass is 10.2. The smallest absolute Gasteiger partial charge is 0.234 e. The Morgan fingerprint density at radius 1 is 1.17 bits per heavy atom. The number of para-hydroxylation sites is 2. The molecule has 1 N–H and O–H groups in total. The Bertz CT molecular complexity index is 887. The molecular formula is C16H12N6OS. The number of aromatic nitrogens is 4. The van der Waals surface area contributed by atoms with Crippen LogP contribution in [-0.4, -0.2) is 31.9 Å². The van der Waals surface area contributed by atoms with E-state index in [4.69, 9.17) is 5.26 Å². The van der Waals surface area contributed by atoms with Crippen LogP contribution < -0.4 is 5.32 Å². The molecule has 0 unspecified atom stereocenters. The van der Waals surface area contributed by atoms with Gasteiger partial charge < -0.3 is 5.32 Å². The average molecular weight is 336 g/mol. The summed E-state index contributed by atoms with van der Waals surface area (Å²) in [4.78, 5) is 12.1. The van der Waals surface area contributed by atoms with Crippen molar-refractivity contribution in [3.05, 3.63) is 60.2 Å². The molecule has 0 radical (unpaired) electrons. The molecule has 0 aliphatic rings. The van der Waals surface area contributed by atoms with Gasteiger partial charge in [-0.15, -0.1) is 5.10 Å². The van der Waals surface area contributed by atoms with E-state index in [2.05, 4.69) is 20.8 Å². The first-order valence-electron chi connectivity index (χ1n) is 7.03. The minimum Gasteiger partial charge on any atom is -0.324 e. The fourth-order valence-corrected chi connectivity index (χ4v) is 2.70. The summed E-state index contributed by atoms with van der Waals surface area (Å²) in [6, 6.07) is 18.3. The minimum atomic E-state index is -0.231. The SMILES string of the molecule is N#Cc1ccccc1NC(=O)CSc1nnnn1-c1ccccc1. The van der Waals surface area contributed by atoms with Gasteiger partial charge in [0.25, 0.3) is 0 Å². The normalized spacial score (nSPS) is 10.1. The van der Waals surface area contributed by atoms with Crippen LogP contribution in [0.1, 0.15) is 5.56 Å². The van der Waals surface area contributed by atoms with Crippen molar-refractivity contribution in [2.24, 2.45) is 0 Å². The topological polar surface area (TPSA) is 96.5 Å². The van der Waals surface area contributed by atoms with Crippen molar-refractivity contribution < 1.29 is 4.79 Å². The maximum absolute atomic E-state index is 12.1. The van der Waals surface area contributed by atoms with Crippen molar-refractivity contribution in [3.63, 3.8) is 0 Å². The van der Waals surface area contributed by atoms with Gasteiger partial charge >= 0.3 is 0 Å². The van der Waals surface area contributed by atoms with Crippen molar-refractivity contribution >= 4 is 23.4 Å². The highest BCUT2D eigenvalue weighted by atomic mass is 32.2. The third kappa shape index (κ3) is 3.59. The molecule has 3 aromatic rings. The Hall–Kier alpha value is -3.18. The number of hydrogen-bond donors (Lipinski definition) is 1. The Morgan fingerprint density at radius 2 is 1.92 bits per heavy atom. The lowest BCUT2D eigenvalue weighted by Gasteiger charge is -2.07. The Balaban J connectivity index is 1.66. The number of carbonyl (C=O) groups excluding carboxylic acids is 1. The van der Waals surface area contributed by atoms with Gasteiger partial charge in [0.2, 0.25) is 11.1 Å². The van der Waals surface area contributed by atoms with E-state index in [-0.39, 0.29) is 11.7 Å². The zero-order valence-corrected chi connectivity index (χ0v) is 13.3. The summed E-state index contributed by atoms with van der Waals surface area (Å²) in [5.74, 6) is -0.0993.